The van der Waals surface area contributed by atoms with E-state index in [1.165, 1.54) is 0 Å². The topological polar surface area (TPSA) is 81.4 Å². The van der Waals surface area contributed by atoms with Crippen LogP contribution in [0.2, 0.25) is 0 Å². The summed E-state index contributed by atoms with van der Waals surface area (Å²) >= 11 is 0. The maximum Gasteiger partial charge on any atom is 0.315 e. The second kappa shape index (κ2) is 10.3. The molecule has 1 amide bonds. The van der Waals surface area contributed by atoms with Crippen molar-refractivity contribution in [2.45, 2.75) is 32.1 Å². The molecular weight excluding hydrogens is 328 g/mol. The highest BCUT2D eigenvalue weighted by atomic mass is 35.5. The minimum absolute atomic E-state index is 0. The summed E-state index contributed by atoms with van der Waals surface area (Å²) in [6.45, 7) is 2.91. The first-order chi connectivity index (χ1) is 11.2. The summed E-state index contributed by atoms with van der Waals surface area (Å²) in [5.41, 5.74) is 6.60. The molecule has 0 spiro atoms. The molecule has 134 valence electrons. The fraction of sp³-hybridized carbons (Fsp3) is 0.556. The quantitative estimate of drug-likeness (QED) is 0.736. The average molecular weight is 355 g/mol. The molecule has 1 aliphatic carbocycles. The van der Waals surface area contributed by atoms with Gasteiger partial charge in [0.25, 0.3) is 0 Å². The van der Waals surface area contributed by atoms with Crippen molar-refractivity contribution in [3.8, 4) is 0 Å². The van der Waals surface area contributed by atoms with Crippen molar-refractivity contribution in [2.24, 2.45) is 17.6 Å². The Morgan fingerprint density at radius 3 is 2.62 bits per heavy atom. The highest BCUT2D eigenvalue weighted by Crippen LogP contribution is 2.31. The van der Waals surface area contributed by atoms with E-state index in [1.807, 2.05) is 30.3 Å². The van der Waals surface area contributed by atoms with Crippen molar-refractivity contribution in [1.82, 2.24) is 5.32 Å². The van der Waals surface area contributed by atoms with Crippen molar-refractivity contribution in [3.63, 3.8) is 0 Å². The first kappa shape index (κ1) is 20.5. The molecule has 1 aromatic rings. The number of carbonyl (C=O) groups excluding carboxylic acids is 2. The summed E-state index contributed by atoms with van der Waals surface area (Å²) in [5.74, 6) is -0.548. The molecule has 5 nitrogen and oxygen atoms in total. The normalized spacial score (nSPS) is 20.8. The molecule has 24 heavy (non-hydrogen) atoms. The second-order valence-electron chi connectivity index (χ2n) is 5.99. The van der Waals surface area contributed by atoms with Crippen molar-refractivity contribution in [3.05, 3.63) is 35.9 Å². The fourth-order valence-electron chi connectivity index (χ4n) is 3.26. The molecule has 6 heteroatoms. The van der Waals surface area contributed by atoms with Gasteiger partial charge >= 0.3 is 5.97 Å². The molecule has 0 heterocycles. The smallest absolute Gasteiger partial charge is 0.315 e. The Labute approximate surface area is 149 Å². The number of benzene rings is 1. The van der Waals surface area contributed by atoms with Gasteiger partial charge < -0.3 is 15.8 Å². The number of hydrogen-bond acceptors (Lipinski definition) is 4. The standard InChI is InChI=1S/C18H26N2O3.ClH/c1-2-23-18(22)16(13-7-4-3-5-8-13)12-20-17(21)15-10-6-9-14(15)11-19;/h3-5,7-8,14-16H,2,6,9-12,19H2,1H3,(H,20,21);1H/t14-,15-,16?;/m1./s1. The summed E-state index contributed by atoms with van der Waals surface area (Å²) in [6, 6.07) is 9.42. The van der Waals surface area contributed by atoms with Gasteiger partial charge in [-0.2, -0.15) is 0 Å². The van der Waals surface area contributed by atoms with E-state index in [-0.39, 0.29) is 42.7 Å². The van der Waals surface area contributed by atoms with Crippen LogP contribution in [0, 0.1) is 11.8 Å². The van der Waals surface area contributed by atoms with E-state index in [4.69, 9.17) is 10.5 Å². The van der Waals surface area contributed by atoms with Crippen LogP contribution in [0.4, 0.5) is 0 Å². The van der Waals surface area contributed by atoms with Crippen molar-refractivity contribution in [1.29, 1.82) is 0 Å². The van der Waals surface area contributed by atoms with E-state index >= 15 is 0 Å². The van der Waals surface area contributed by atoms with E-state index in [0.717, 1.165) is 24.8 Å². The Balaban J connectivity index is 0.00000288. The van der Waals surface area contributed by atoms with Gasteiger partial charge in [-0.25, -0.2) is 0 Å². The molecule has 0 aromatic heterocycles. The van der Waals surface area contributed by atoms with Crippen molar-refractivity contribution >= 4 is 24.3 Å². The zero-order valence-corrected chi connectivity index (χ0v) is 14.9. The number of nitrogens with two attached hydrogens (primary N) is 1. The van der Waals surface area contributed by atoms with Crippen LogP contribution < -0.4 is 11.1 Å². The Hall–Kier alpha value is -1.59. The van der Waals surface area contributed by atoms with E-state index in [0.29, 0.717) is 13.2 Å². The molecule has 0 saturated heterocycles. The first-order valence-electron chi connectivity index (χ1n) is 8.36. The van der Waals surface area contributed by atoms with Crippen LogP contribution in [0.5, 0.6) is 0 Å². The predicted octanol–water partition coefficient (Wildman–Crippen LogP) is 2.25. The van der Waals surface area contributed by atoms with Gasteiger partial charge in [0.15, 0.2) is 0 Å². The molecule has 3 atom stereocenters. The van der Waals surface area contributed by atoms with Gasteiger partial charge in [0.1, 0.15) is 0 Å². The third-order valence-corrected chi connectivity index (χ3v) is 4.55. The van der Waals surface area contributed by atoms with Crippen LogP contribution in [0.1, 0.15) is 37.7 Å². The van der Waals surface area contributed by atoms with Gasteiger partial charge in [0, 0.05) is 12.5 Å². The lowest BCUT2D eigenvalue weighted by Gasteiger charge is -2.20. The van der Waals surface area contributed by atoms with Gasteiger partial charge in [-0.1, -0.05) is 36.8 Å². The first-order valence-corrected chi connectivity index (χ1v) is 8.36. The average Bonchev–Trinajstić information content (AvgIpc) is 3.05. The minimum atomic E-state index is -0.474. The lowest BCUT2D eigenvalue weighted by molar-refractivity contribution is -0.145. The molecule has 0 aliphatic heterocycles. The lowest BCUT2D eigenvalue weighted by Crippen LogP contribution is -2.38. The number of hydrogen-bond donors (Lipinski definition) is 2. The summed E-state index contributed by atoms with van der Waals surface area (Å²) in [4.78, 5) is 24.6. The Morgan fingerprint density at radius 2 is 2.00 bits per heavy atom. The Morgan fingerprint density at radius 1 is 1.29 bits per heavy atom. The Bertz CT molecular complexity index is 524. The van der Waals surface area contributed by atoms with E-state index < -0.39 is 5.92 Å². The van der Waals surface area contributed by atoms with E-state index in [1.54, 1.807) is 6.92 Å². The SMILES string of the molecule is CCOC(=O)C(CNC(=O)[C@@H]1CCC[C@@H]1CN)c1ccccc1.Cl. The molecule has 1 aromatic carbocycles. The van der Waals surface area contributed by atoms with E-state index in [2.05, 4.69) is 5.32 Å². The molecule has 0 bridgehead atoms. The van der Waals surface area contributed by atoms with E-state index in [9.17, 15) is 9.59 Å². The van der Waals surface area contributed by atoms with Crippen LogP contribution >= 0.6 is 12.4 Å². The second-order valence-corrected chi connectivity index (χ2v) is 5.99. The third-order valence-electron chi connectivity index (χ3n) is 4.55. The number of halogens is 1. The van der Waals surface area contributed by atoms with Crippen LogP contribution in [0.3, 0.4) is 0 Å². The number of esters is 1. The zero-order chi connectivity index (χ0) is 16.7. The largest absolute Gasteiger partial charge is 0.465 e. The minimum Gasteiger partial charge on any atom is -0.465 e. The van der Waals surface area contributed by atoms with Crippen LogP contribution in [-0.4, -0.2) is 31.6 Å². The summed E-state index contributed by atoms with van der Waals surface area (Å²) < 4.78 is 5.15. The molecule has 2 rings (SSSR count). The molecule has 0 radical (unpaired) electrons. The van der Waals surface area contributed by atoms with Gasteiger partial charge in [0.05, 0.1) is 12.5 Å². The van der Waals surface area contributed by atoms with Crippen LogP contribution in [0.15, 0.2) is 30.3 Å². The predicted molar refractivity (Wildman–Crippen MR) is 96.0 cm³/mol. The molecule has 1 fully saturated rings. The van der Waals surface area contributed by atoms with Crippen LogP contribution in [-0.2, 0) is 14.3 Å². The van der Waals surface area contributed by atoms with Gasteiger partial charge in [-0.05, 0) is 37.8 Å². The number of amides is 1. The molecular formula is C18H27ClN2O3. The maximum absolute atomic E-state index is 12.4. The van der Waals surface area contributed by atoms with Gasteiger partial charge in [-0.3, -0.25) is 9.59 Å². The van der Waals surface area contributed by atoms with Gasteiger partial charge in [-0.15, -0.1) is 12.4 Å². The van der Waals surface area contributed by atoms with Crippen LogP contribution in [0.25, 0.3) is 0 Å². The fourth-order valence-corrected chi connectivity index (χ4v) is 3.26. The summed E-state index contributed by atoms with van der Waals surface area (Å²) in [6.07, 6.45) is 2.93. The number of rotatable bonds is 7. The highest BCUT2D eigenvalue weighted by molar-refractivity contribution is 5.85. The molecule has 1 unspecified atom stereocenters. The molecule has 1 saturated carbocycles. The molecule has 3 N–H and O–H groups in total. The Kier molecular flexibility index (Phi) is 8.79. The number of carbonyl (C=O) groups is 2. The number of nitrogens with one attached hydrogen (secondary N) is 1. The maximum atomic E-state index is 12.4. The number of ether oxygens (including phenoxy) is 1. The molecule has 1 aliphatic rings. The van der Waals surface area contributed by atoms with Crippen molar-refractivity contribution < 1.29 is 14.3 Å². The summed E-state index contributed by atoms with van der Waals surface area (Å²) in [7, 11) is 0. The summed E-state index contributed by atoms with van der Waals surface area (Å²) in [5, 5.41) is 2.93. The lowest BCUT2D eigenvalue weighted by atomic mass is 9.94. The monoisotopic (exact) mass is 354 g/mol. The third kappa shape index (κ3) is 5.21. The zero-order valence-electron chi connectivity index (χ0n) is 14.1. The van der Waals surface area contributed by atoms with Gasteiger partial charge in [0.2, 0.25) is 5.91 Å². The highest BCUT2D eigenvalue weighted by Gasteiger charge is 2.32. The van der Waals surface area contributed by atoms with Crippen molar-refractivity contribution in [2.75, 3.05) is 19.7 Å².